The first-order valence-electron chi connectivity index (χ1n) is 6.89. The van der Waals surface area contributed by atoms with E-state index in [0.717, 1.165) is 11.0 Å². The Morgan fingerprint density at radius 2 is 1.96 bits per heavy atom. The van der Waals surface area contributed by atoms with Crippen molar-refractivity contribution in [1.82, 2.24) is 9.97 Å². The summed E-state index contributed by atoms with van der Waals surface area (Å²) in [7, 11) is 0. The average molecular weight is 350 g/mol. The minimum absolute atomic E-state index is 0.259. The molecule has 1 atom stereocenters. The molecule has 0 bridgehead atoms. The summed E-state index contributed by atoms with van der Waals surface area (Å²) in [6, 6.07) is 12.1. The maximum Gasteiger partial charge on any atom is 0.265 e. The van der Waals surface area contributed by atoms with E-state index in [1.165, 1.54) is 0 Å². The molecule has 1 heterocycles. The fourth-order valence-electron chi connectivity index (χ4n) is 2.07. The van der Waals surface area contributed by atoms with Gasteiger partial charge >= 0.3 is 0 Å². The number of carbonyl (C=O) groups is 1. The van der Waals surface area contributed by atoms with Gasteiger partial charge in [-0.2, -0.15) is 0 Å². The van der Waals surface area contributed by atoms with E-state index in [4.69, 9.17) is 27.9 Å². The van der Waals surface area contributed by atoms with Gasteiger partial charge in [-0.15, -0.1) is 0 Å². The van der Waals surface area contributed by atoms with Gasteiger partial charge in [-0.25, -0.2) is 4.98 Å². The number of fused-ring (bicyclic) bond motifs is 1. The van der Waals surface area contributed by atoms with E-state index in [0.29, 0.717) is 21.7 Å². The lowest BCUT2D eigenvalue weighted by molar-refractivity contribution is -0.122. The van der Waals surface area contributed by atoms with Gasteiger partial charge in [0.1, 0.15) is 5.75 Å². The van der Waals surface area contributed by atoms with Crippen molar-refractivity contribution < 1.29 is 9.53 Å². The third kappa shape index (κ3) is 3.75. The van der Waals surface area contributed by atoms with Gasteiger partial charge in [0.25, 0.3) is 5.91 Å². The number of hydrogen-bond donors (Lipinski definition) is 2. The highest BCUT2D eigenvalue weighted by atomic mass is 35.5. The highest BCUT2D eigenvalue weighted by Crippen LogP contribution is 2.20. The van der Waals surface area contributed by atoms with E-state index in [1.54, 1.807) is 49.4 Å². The molecular formula is C16H13Cl2N3O2. The van der Waals surface area contributed by atoms with Gasteiger partial charge in [-0.3, -0.25) is 4.79 Å². The van der Waals surface area contributed by atoms with Crippen LogP contribution in [0.5, 0.6) is 5.75 Å². The first-order valence-corrected chi connectivity index (χ1v) is 7.65. The molecule has 0 saturated carbocycles. The van der Waals surface area contributed by atoms with Gasteiger partial charge in [0, 0.05) is 10.7 Å². The second kappa shape index (κ2) is 6.48. The molecule has 2 aromatic carbocycles. The van der Waals surface area contributed by atoms with E-state index in [2.05, 4.69) is 15.3 Å². The van der Waals surface area contributed by atoms with E-state index >= 15 is 0 Å². The second-order valence-electron chi connectivity index (χ2n) is 4.96. The monoisotopic (exact) mass is 349 g/mol. The number of carbonyl (C=O) groups excluding carboxylic acids is 1. The van der Waals surface area contributed by atoms with Crippen LogP contribution in [0, 0.1) is 0 Å². The molecule has 5 nitrogen and oxygen atoms in total. The minimum atomic E-state index is -0.655. The molecule has 0 saturated heterocycles. The van der Waals surface area contributed by atoms with Crippen molar-refractivity contribution in [2.24, 2.45) is 0 Å². The topological polar surface area (TPSA) is 67.0 Å². The molecule has 118 valence electrons. The summed E-state index contributed by atoms with van der Waals surface area (Å²) in [5, 5.41) is 3.71. The lowest BCUT2D eigenvalue weighted by Crippen LogP contribution is -2.30. The summed E-state index contributed by atoms with van der Waals surface area (Å²) in [5.41, 5.74) is 2.12. The van der Waals surface area contributed by atoms with Crippen molar-refractivity contribution in [2.75, 3.05) is 5.32 Å². The van der Waals surface area contributed by atoms with Crippen LogP contribution in [0.3, 0.4) is 0 Å². The number of benzene rings is 2. The van der Waals surface area contributed by atoms with Gasteiger partial charge in [0.05, 0.1) is 11.0 Å². The maximum atomic E-state index is 12.2. The van der Waals surface area contributed by atoms with Gasteiger partial charge in [-0.05, 0) is 61.0 Å². The molecule has 3 rings (SSSR count). The Balaban J connectivity index is 1.67. The van der Waals surface area contributed by atoms with Gasteiger partial charge in [0.15, 0.2) is 6.10 Å². The van der Waals surface area contributed by atoms with Crippen LogP contribution in [0.2, 0.25) is 10.3 Å². The SMILES string of the molecule is CC(Oc1ccc(Cl)cc1)C(=O)Nc1ccc2nc(Cl)[nH]c2c1. The molecule has 0 fully saturated rings. The van der Waals surface area contributed by atoms with Crippen LogP contribution >= 0.6 is 23.2 Å². The number of anilines is 1. The zero-order valence-corrected chi connectivity index (χ0v) is 13.7. The Bertz CT molecular complexity index is 846. The van der Waals surface area contributed by atoms with Crippen molar-refractivity contribution in [1.29, 1.82) is 0 Å². The lowest BCUT2D eigenvalue weighted by atomic mass is 10.2. The first-order chi connectivity index (χ1) is 11.0. The smallest absolute Gasteiger partial charge is 0.265 e. The molecule has 7 heteroatoms. The summed E-state index contributed by atoms with van der Waals surface area (Å²) in [4.78, 5) is 19.2. The van der Waals surface area contributed by atoms with E-state index in [1.807, 2.05) is 0 Å². The van der Waals surface area contributed by atoms with Gasteiger partial charge in [-0.1, -0.05) is 11.6 Å². The van der Waals surface area contributed by atoms with Gasteiger partial charge < -0.3 is 15.0 Å². The minimum Gasteiger partial charge on any atom is -0.481 e. The normalized spacial score (nSPS) is 12.1. The van der Waals surface area contributed by atoms with E-state index < -0.39 is 6.10 Å². The van der Waals surface area contributed by atoms with E-state index in [9.17, 15) is 4.79 Å². The number of nitrogens with zero attached hydrogens (tertiary/aromatic N) is 1. The summed E-state index contributed by atoms with van der Waals surface area (Å²) in [6.45, 7) is 1.68. The molecule has 0 aliphatic carbocycles. The number of nitrogens with one attached hydrogen (secondary N) is 2. The molecule has 0 spiro atoms. The molecule has 2 N–H and O–H groups in total. The zero-order chi connectivity index (χ0) is 16.4. The van der Waals surface area contributed by atoms with Crippen molar-refractivity contribution in [3.63, 3.8) is 0 Å². The maximum absolute atomic E-state index is 12.2. The van der Waals surface area contributed by atoms with Crippen LogP contribution in [-0.4, -0.2) is 22.0 Å². The molecule has 3 aromatic rings. The summed E-state index contributed by atoms with van der Waals surface area (Å²) in [6.07, 6.45) is -0.655. The molecule has 0 aliphatic rings. The summed E-state index contributed by atoms with van der Waals surface area (Å²) < 4.78 is 5.58. The molecular weight excluding hydrogens is 337 g/mol. The van der Waals surface area contributed by atoms with Crippen LogP contribution < -0.4 is 10.1 Å². The van der Waals surface area contributed by atoms with Crippen molar-refractivity contribution >= 4 is 45.8 Å². The molecule has 0 aliphatic heterocycles. The average Bonchev–Trinajstić information content (AvgIpc) is 2.88. The first kappa shape index (κ1) is 15.6. The third-order valence-electron chi connectivity index (χ3n) is 3.22. The number of aromatic amines is 1. The van der Waals surface area contributed by atoms with Gasteiger partial charge in [0.2, 0.25) is 5.28 Å². The molecule has 1 aromatic heterocycles. The quantitative estimate of drug-likeness (QED) is 0.738. The Morgan fingerprint density at radius 3 is 2.70 bits per heavy atom. The van der Waals surface area contributed by atoms with Crippen molar-refractivity contribution in [3.05, 3.63) is 52.8 Å². The Labute approximate surface area is 142 Å². The fourth-order valence-corrected chi connectivity index (χ4v) is 2.39. The zero-order valence-electron chi connectivity index (χ0n) is 12.1. The number of H-pyrrole nitrogens is 1. The predicted octanol–water partition coefficient (Wildman–Crippen LogP) is 4.28. The Hall–Kier alpha value is -2.24. The van der Waals surface area contributed by atoms with Crippen LogP contribution in [0.15, 0.2) is 42.5 Å². The standard InChI is InChI=1S/C16H13Cl2N3O2/c1-9(23-12-5-2-10(17)3-6-12)15(22)19-11-4-7-13-14(8-11)21-16(18)20-13/h2-9H,1H3,(H,19,22)(H,20,21). The highest BCUT2D eigenvalue weighted by molar-refractivity contribution is 6.30. The summed E-state index contributed by atoms with van der Waals surface area (Å²) >= 11 is 11.6. The molecule has 0 radical (unpaired) electrons. The van der Waals surface area contributed by atoms with Crippen LogP contribution in [-0.2, 0) is 4.79 Å². The number of rotatable bonds is 4. The Kier molecular flexibility index (Phi) is 4.41. The number of hydrogen-bond acceptors (Lipinski definition) is 3. The fraction of sp³-hybridized carbons (Fsp3) is 0.125. The number of ether oxygens (including phenoxy) is 1. The second-order valence-corrected chi connectivity index (χ2v) is 5.76. The predicted molar refractivity (Wildman–Crippen MR) is 91.3 cm³/mol. The van der Waals surface area contributed by atoms with Crippen LogP contribution in [0.1, 0.15) is 6.92 Å². The number of imidazole rings is 1. The Morgan fingerprint density at radius 1 is 1.22 bits per heavy atom. The molecule has 1 unspecified atom stereocenters. The molecule has 1 amide bonds. The number of aromatic nitrogens is 2. The number of amides is 1. The lowest BCUT2D eigenvalue weighted by Gasteiger charge is -2.14. The highest BCUT2D eigenvalue weighted by Gasteiger charge is 2.15. The molecule has 23 heavy (non-hydrogen) atoms. The number of halogens is 2. The van der Waals surface area contributed by atoms with Crippen LogP contribution in [0.25, 0.3) is 11.0 Å². The van der Waals surface area contributed by atoms with E-state index in [-0.39, 0.29) is 5.91 Å². The largest absolute Gasteiger partial charge is 0.481 e. The van der Waals surface area contributed by atoms with Crippen molar-refractivity contribution in [3.8, 4) is 5.75 Å². The third-order valence-corrected chi connectivity index (χ3v) is 3.65. The van der Waals surface area contributed by atoms with Crippen LogP contribution in [0.4, 0.5) is 5.69 Å². The summed E-state index contributed by atoms with van der Waals surface area (Å²) in [5.74, 6) is 0.317. The van der Waals surface area contributed by atoms with Crippen molar-refractivity contribution in [2.45, 2.75) is 13.0 Å².